The highest BCUT2D eigenvalue weighted by atomic mass is 16.6. The predicted octanol–water partition coefficient (Wildman–Crippen LogP) is 4.08. The lowest BCUT2D eigenvalue weighted by molar-refractivity contribution is -0.125. The van der Waals surface area contributed by atoms with Crippen molar-refractivity contribution in [2.24, 2.45) is 27.7 Å². The highest BCUT2D eigenvalue weighted by Crippen LogP contribution is 2.65. The highest BCUT2D eigenvalue weighted by molar-refractivity contribution is 6.42. The third-order valence-corrected chi connectivity index (χ3v) is 5.27. The maximum Gasteiger partial charge on any atom is 0.434 e. The molecule has 0 N–H and O–H groups in total. The summed E-state index contributed by atoms with van der Waals surface area (Å²) in [5.74, 6) is 0.741. The molecule has 0 aromatic rings. The third kappa shape index (κ3) is 3.80. The summed E-state index contributed by atoms with van der Waals surface area (Å²) in [5, 5.41) is 0. The van der Waals surface area contributed by atoms with Crippen LogP contribution in [-0.4, -0.2) is 40.8 Å². The number of hydrogen-bond acceptors (Lipinski definition) is 3. The van der Waals surface area contributed by atoms with Crippen molar-refractivity contribution in [1.82, 2.24) is 4.90 Å². The first-order chi connectivity index (χ1) is 11.2. The quantitative estimate of drug-likeness (QED) is 0.558. The number of carbonyl (C=O) groups excluding carboxylic acids is 2. The zero-order valence-electron chi connectivity index (χ0n) is 16.8. The van der Waals surface area contributed by atoms with Gasteiger partial charge in [0.1, 0.15) is 11.3 Å². The van der Waals surface area contributed by atoms with Gasteiger partial charge in [0.15, 0.2) is 0 Å². The van der Waals surface area contributed by atoms with Crippen LogP contribution in [0.1, 0.15) is 55.4 Å². The molecular weight excluding hydrogens is 316 g/mol. The molecule has 25 heavy (non-hydrogen) atoms. The molecule has 5 nitrogen and oxygen atoms in total. The van der Waals surface area contributed by atoms with Gasteiger partial charge in [-0.2, -0.15) is 4.99 Å². The lowest BCUT2D eigenvalue weighted by atomic mass is 9.88. The lowest BCUT2D eigenvalue weighted by Gasteiger charge is -2.32. The average Bonchev–Trinajstić information content (AvgIpc) is 2.81. The van der Waals surface area contributed by atoms with Crippen LogP contribution in [0.25, 0.3) is 0 Å². The molecule has 2 fully saturated rings. The van der Waals surface area contributed by atoms with Gasteiger partial charge in [-0.1, -0.05) is 40.7 Å². The Kier molecular flexibility index (Phi) is 4.69. The van der Waals surface area contributed by atoms with Gasteiger partial charge >= 0.3 is 6.09 Å². The van der Waals surface area contributed by atoms with Crippen LogP contribution in [0.4, 0.5) is 4.79 Å². The standard InChI is InChI=1S/C20H32N2O3/c1-10-13-14-12(20(14,8)9)11-22(13)16(23)15(18(2,3)4)21-17(24)25-19(5,6)7/h10,12-14H,1,11H2,2-9H3/b21-15-/t12-,13+,14-/m0/s1. The van der Waals surface area contributed by atoms with Crippen LogP contribution < -0.4 is 0 Å². The summed E-state index contributed by atoms with van der Waals surface area (Å²) >= 11 is 0. The van der Waals surface area contributed by atoms with E-state index in [0.717, 1.165) is 0 Å². The lowest BCUT2D eigenvalue weighted by Crippen LogP contribution is -2.47. The van der Waals surface area contributed by atoms with Gasteiger partial charge in [-0.25, -0.2) is 4.79 Å². The van der Waals surface area contributed by atoms with E-state index in [9.17, 15) is 9.59 Å². The minimum Gasteiger partial charge on any atom is -0.442 e. The summed E-state index contributed by atoms with van der Waals surface area (Å²) in [6, 6.07) is -0.00122. The molecule has 0 unspecified atom stereocenters. The largest absolute Gasteiger partial charge is 0.442 e. The van der Waals surface area contributed by atoms with Gasteiger partial charge in [-0.15, -0.1) is 6.58 Å². The van der Waals surface area contributed by atoms with Gasteiger partial charge in [0.05, 0.1) is 6.04 Å². The molecule has 5 heteroatoms. The molecule has 1 saturated carbocycles. The Labute approximate surface area is 151 Å². The fourth-order valence-corrected chi connectivity index (χ4v) is 3.88. The second-order valence-corrected chi connectivity index (χ2v) is 9.83. The topological polar surface area (TPSA) is 59.0 Å². The van der Waals surface area contributed by atoms with Crippen molar-refractivity contribution in [1.29, 1.82) is 0 Å². The van der Waals surface area contributed by atoms with E-state index in [2.05, 4.69) is 25.4 Å². The number of fused-ring (bicyclic) bond motifs is 1. The Bertz CT molecular complexity index is 620. The molecule has 1 saturated heterocycles. The van der Waals surface area contributed by atoms with Crippen molar-refractivity contribution in [2.75, 3.05) is 6.54 Å². The normalized spacial score (nSPS) is 28.4. The van der Waals surface area contributed by atoms with Crippen LogP contribution >= 0.6 is 0 Å². The van der Waals surface area contributed by atoms with Crippen molar-refractivity contribution in [3.05, 3.63) is 12.7 Å². The Morgan fingerprint density at radius 3 is 2.20 bits per heavy atom. The molecule has 0 aromatic heterocycles. The van der Waals surface area contributed by atoms with E-state index >= 15 is 0 Å². The van der Waals surface area contributed by atoms with E-state index in [1.54, 1.807) is 20.8 Å². The third-order valence-electron chi connectivity index (χ3n) is 5.27. The van der Waals surface area contributed by atoms with E-state index in [0.29, 0.717) is 18.4 Å². The molecule has 2 amide bonds. The van der Waals surface area contributed by atoms with Crippen LogP contribution in [-0.2, 0) is 9.53 Å². The molecule has 1 heterocycles. The fourth-order valence-electron chi connectivity index (χ4n) is 3.88. The van der Waals surface area contributed by atoms with Gasteiger partial charge in [0, 0.05) is 12.0 Å². The molecule has 0 radical (unpaired) electrons. The van der Waals surface area contributed by atoms with Gasteiger partial charge in [-0.05, 0) is 38.0 Å². The molecule has 0 aromatic carbocycles. The minimum atomic E-state index is -0.717. The van der Waals surface area contributed by atoms with Crippen LogP contribution in [0, 0.1) is 22.7 Å². The number of carbonyl (C=O) groups is 2. The van der Waals surface area contributed by atoms with E-state index in [-0.39, 0.29) is 23.1 Å². The summed E-state index contributed by atoms with van der Waals surface area (Å²) < 4.78 is 5.27. The van der Waals surface area contributed by atoms with Gasteiger partial charge in [-0.3, -0.25) is 4.79 Å². The molecule has 3 atom stereocenters. The highest BCUT2D eigenvalue weighted by Gasteiger charge is 2.67. The summed E-state index contributed by atoms with van der Waals surface area (Å²) in [7, 11) is 0. The molecular formula is C20H32N2O3. The number of hydrogen-bond donors (Lipinski definition) is 0. The Hall–Kier alpha value is -1.65. The SMILES string of the molecule is C=C[C@@H]1[C@@H]2[C@H](CN1C(=O)/C(=N/C(=O)OC(C)(C)C)C(C)(C)C)C2(C)C. The summed E-state index contributed by atoms with van der Waals surface area (Å²) in [4.78, 5) is 31.2. The number of piperidine rings is 1. The average molecular weight is 348 g/mol. The van der Waals surface area contributed by atoms with Crippen LogP contribution in [0.3, 0.4) is 0 Å². The molecule has 2 aliphatic rings. The van der Waals surface area contributed by atoms with Crippen LogP contribution in [0.2, 0.25) is 0 Å². The van der Waals surface area contributed by atoms with Crippen molar-refractivity contribution in [3.8, 4) is 0 Å². The molecule has 0 spiro atoms. The zero-order chi connectivity index (χ0) is 19.4. The number of rotatable bonds is 2. The molecule has 1 aliphatic carbocycles. The van der Waals surface area contributed by atoms with Crippen molar-refractivity contribution < 1.29 is 14.3 Å². The van der Waals surface area contributed by atoms with E-state index in [1.165, 1.54) is 0 Å². The van der Waals surface area contributed by atoms with Crippen molar-refractivity contribution in [2.45, 2.75) is 67.0 Å². The Balaban J connectivity index is 2.26. The van der Waals surface area contributed by atoms with Crippen LogP contribution in [0.5, 0.6) is 0 Å². The first-order valence-corrected chi connectivity index (χ1v) is 8.96. The minimum absolute atomic E-state index is 0.00122. The first kappa shape index (κ1) is 19.7. The smallest absolute Gasteiger partial charge is 0.434 e. The van der Waals surface area contributed by atoms with Crippen molar-refractivity contribution in [3.63, 3.8) is 0 Å². The number of likely N-dealkylation sites (tertiary alicyclic amines) is 1. The molecule has 0 bridgehead atoms. The fraction of sp³-hybridized carbons (Fsp3) is 0.750. The van der Waals surface area contributed by atoms with E-state index < -0.39 is 17.1 Å². The van der Waals surface area contributed by atoms with Gasteiger partial charge in [0.2, 0.25) is 0 Å². The molecule has 140 valence electrons. The summed E-state index contributed by atoms with van der Waals surface area (Å²) in [5.41, 5.74) is -0.704. The Morgan fingerprint density at radius 1 is 1.20 bits per heavy atom. The summed E-state index contributed by atoms with van der Waals surface area (Å²) in [6.07, 6.45) is 1.14. The molecule has 2 rings (SSSR count). The number of ether oxygens (including phenoxy) is 1. The predicted molar refractivity (Wildman–Crippen MR) is 99.6 cm³/mol. The van der Waals surface area contributed by atoms with Crippen molar-refractivity contribution >= 4 is 17.7 Å². The second kappa shape index (κ2) is 5.96. The monoisotopic (exact) mass is 348 g/mol. The maximum absolute atomic E-state index is 13.2. The Morgan fingerprint density at radius 2 is 1.76 bits per heavy atom. The summed E-state index contributed by atoms with van der Waals surface area (Å²) in [6.45, 7) is 20.1. The number of aliphatic imine (C=N–C) groups is 1. The van der Waals surface area contributed by atoms with Gasteiger partial charge in [0.25, 0.3) is 5.91 Å². The maximum atomic E-state index is 13.2. The van der Waals surface area contributed by atoms with E-state index in [1.807, 2.05) is 31.7 Å². The number of nitrogens with zero attached hydrogens (tertiary/aromatic N) is 2. The second-order valence-electron chi connectivity index (χ2n) is 9.83. The van der Waals surface area contributed by atoms with Crippen LogP contribution in [0.15, 0.2) is 17.6 Å². The number of amides is 2. The van der Waals surface area contributed by atoms with E-state index in [4.69, 9.17) is 4.74 Å². The van der Waals surface area contributed by atoms with Gasteiger partial charge < -0.3 is 9.64 Å². The first-order valence-electron chi connectivity index (χ1n) is 8.96. The molecule has 1 aliphatic heterocycles. The zero-order valence-corrected chi connectivity index (χ0v) is 16.8.